The summed E-state index contributed by atoms with van der Waals surface area (Å²) in [5.74, 6) is -2.39. The Balaban J connectivity index is 2.36. The fourth-order valence-electron chi connectivity index (χ4n) is 2.16. The predicted molar refractivity (Wildman–Crippen MR) is 78.6 cm³/mol. The summed E-state index contributed by atoms with van der Waals surface area (Å²) < 4.78 is 58.0. The Kier molecular flexibility index (Phi) is 5.05. The van der Waals surface area contributed by atoms with Gasteiger partial charge in [-0.25, -0.2) is 9.18 Å². The molecule has 132 valence electrons. The zero-order valence-electron chi connectivity index (χ0n) is 12.0. The zero-order chi connectivity index (χ0) is 18.2. The third-order valence-corrected chi connectivity index (χ3v) is 3.72. The van der Waals surface area contributed by atoms with Crippen LogP contribution < -0.4 is 9.75 Å². The van der Waals surface area contributed by atoms with Crippen molar-refractivity contribution in [1.29, 1.82) is 0 Å². The third-order valence-electron chi connectivity index (χ3n) is 3.13. The van der Waals surface area contributed by atoms with Crippen molar-refractivity contribution in [2.75, 3.05) is 25.2 Å². The molecule has 24 heavy (non-hydrogen) atoms. The monoisotopic (exact) mass is 388 g/mol. The number of carbonyl (C=O) groups is 1. The number of aliphatic carboxylic acids is 1. The van der Waals surface area contributed by atoms with Crippen LogP contribution in [0.5, 0.6) is 5.75 Å². The molecule has 1 aromatic carbocycles. The van der Waals surface area contributed by atoms with Gasteiger partial charge >= 0.3 is 12.1 Å². The average molecular weight is 389 g/mol. The van der Waals surface area contributed by atoms with Crippen LogP contribution in [0.15, 0.2) is 22.9 Å². The molecule has 0 unspecified atom stereocenters. The molecular formula is C13H10Cl2F4N2O3. The Bertz CT molecular complexity index is 709. The van der Waals surface area contributed by atoms with Crippen molar-refractivity contribution in [3.05, 3.63) is 33.7 Å². The minimum absolute atomic E-state index is 0.180. The summed E-state index contributed by atoms with van der Waals surface area (Å²) in [6.45, 7) is -1.16. The molecule has 1 N–H and O–H groups in total. The van der Waals surface area contributed by atoms with Crippen LogP contribution in [0, 0.1) is 5.82 Å². The van der Waals surface area contributed by atoms with Crippen molar-refractivity contribution in [3.8, 4) is 5.75 Å². The van der Waals surface area contributed by atoms with Gasteiger partial charge in [-0.15, -0.1) is 0 Å². The van der Waals surface area contributed by atoms with E-state index in [2.05, 4.69) is 0 Å². The van der Waals surface area contributed by atoms with Crippen molar-refractivity contribution >= 4 is 34.9 Å². The highest BCUT2D eigenvalue weighted by Gasteiger charge is 2.45. The molecule has 0 spiro atoms. The molecule has 0 saturated heterocycles. The summed E-state index contributed by atoms with van der Waals surface area (Å²) in [4.78, 5) is 10.5. The number of nitrogens with zero attached hydrogens (tertiary/aromatic N) is 2. The van der Waals surface area contributed by atoms with Gasteiger partial charge in [0.05, 0.1) is 22.3 Å². The van der Waals surface area contributed by atoms with Crippen molar-refractivity contribution < 1.29 is 32.2 Å². The lowest BCUT2D eigenvalue weighted by atomic mass is 10.2. The van der Waals surface area contributed by atoms with Gasteiger partial charge in [0.15, 0.2) is 12.3 Å². The number of allylic oxidation sites excluding steroid dienone is 1. The van der Waals surface area contributed by atoms with E-state index in [1.807, 2.05) is 0 Å². The van der Waals surface area contributed by atoms with Crippen molar-refractivity contribution in [1.82, 2.24) is 5.01 Å². The van der Waals surface area contributed by atoms with Gasteiger partial charge in [0.2, 0.25) is 0 Å². The first kappa shape index (κ1) is 18.5. The Morgan fingerprint density at radius 1 is 1.38 bits per heavy atom. The number of carboxylic acid groups (broad SMARTS) is 1. The number of hydrogen-bond donors (Lipinski definition) is 1. The van der Waals surface area contributed by atoms with E-state index in [0.29, 0.717) is 5.01 Å². The average Bonchev–Trinajstić information content (AvgIpc) is 2.72. The maximum absolute atomic E-state index is 14.1. The summed E-state index contributed by atoms with van der Waals surface area (Å²) in [6.07, 6.45) is -4.72. The first-order valence-electron chi connectivity index (χ1n) is 6.33. The number of anilines is 1. The van der Waals surface area contributed by atoms with E-state index in [9.17, 15) is 22.4 Å². The standard InChI is InChI=1S/C13H10Cl2F4N2O3/c1-20-12(13(17,18)19)7(15)4-21(20)9-3-10(24-5-11(22)23)6(14)2-8(9)16/h2-3H,4-5H2,1H3,(H,22,23). The molecule has 1 aliphatic rings. The Labute approximate surface area is 143 Å². The SMILES string of the molecule is CN1C(C(F)(F)F)=C(Cl)CN1c1cc(OCC(=O)O)c(Cl)cc1F. The van der Waals surface area contributed by atoms with Crippen molar-refractivity contribution in [2.24, 2.45) is 0 Å². The molecule has 2 rings (SSSR count). The number of halogens is 6. The van der Waals surface area contributed by atoms with Gasteiger partial charge in [-0.05, 0) is 6.07 Å². The smallest absolute Gasteiger partial charge is 0.434 e. The second-order valence-electron chi connectivity index (χ2n) is 4.75. The second-order valence-corrected chi connectivity index (χ2v) is 5.61. The predicted octanol–water partition coefficient (Wildman–Crippen LogP) is 3.62. The molecule has 0 aromatic heterocycles. The Morgan fingerprint density at radius 3 is 2.50 bits per heavy atom. The molecule has 0 amide bonds. The number of rotatable bonds is 4. The van der Waals surface area contributed by atoms with Gasteiger partial charge in [-0.3, -0.25) is 10.0 Å². The lowest BCUT2D eigenvalue weighted by molar-refractivity contribution is -0.139. The van der Waals surface area contributed by atoms with Gasteiger partial charge in [0.1, 0.15) is 11.6 Å². The van der Waals surface area contributed by atoms with Crippen molar-refractivity contribution in [2.45, 2.75) is 6.18 Å². The molecule has 5 nitrogen and oxygen atoms in total. The van der Waals surface area contributed by atoms with Crippen LogP contribution in [0.2, 0.25) is 5.02 Å². The Morgan fingerprint density at radius 2 is 2.00 bits per heavy atom. The largest absolute Gasteiger partial charge is 0.480 e. The molecular weight excluding hydrogens is 379 g/mol. The minimum atomic E-state index is -4.72. The number of alkyl halides is 3. The molecule has 1 aromatic rings. The van der Waals surface area contributed by atoms with Gasteiger partial charge < -0.3 is 9.84 Å². The lowest BCUT2D eigenvalue weighted by Gasteiger charge is -2.31. The van der Waals surface area contributed by atoms with Crippen LogP contribution in [-0.4, -0.2) is 42.5 Å². The van der Waals surface area contributed by atoms with E-state index >= 15 is 0 Å². The Hall–Kier alpha value is -1.87. The quantitative estimate of drug-likeness (QED) is 0.798. The van der Waals surface area contributed by atoms with Crippen LogP contribution in [0.1, 0.15) is 0 Å². The maximum atomic E-state index is 14.1. The van der Waals surface area contributed by atoms with E-state index in [4.69, 9.17) is 33.0 Å². The number of benzene rings is 1. The first-order chi connectivity index (χ1) is 11.0. The normalized spacial score (nSPS) is 15.3. The molecule has 0 bridgehead atoms. The van der Waals surface area contributed by atoms with Crippen LogP contribution >= 0.6 is 23.2 Å². The number of ether oxygens (including phenoxy) is 1. The van der Waals surface area contributed by atoms with Crippen LogP contribution in [0.25, 0.3) is 0 Å². The van der Waals surface area contributed by atoms with Crippen LogP contribution in [0.3, 0.4) is 0 Å². The maximum Gasteiger partial charge on any atom is 0.434 e. The fourth-order valence-corrected chi connectivity index (χ4v) is 2.71. The van der Waals surface area contributed by atoms with E-state index in [1.54, 1.807) is 0 Å². The summed E-state index contributed by atoms with van der Waals surface area (Å²) >= 11 is 11.4. The summed E-state index contributed by atoms with van der Waals surface area (Å²) in [5.41, 5.74) is -1.41. The molecule has 0 fully saturated rings. The summed E-state index contributed by atoms with van der Waals surface area (Å²) in [6, 6.07) is 1.84. The van der Waals surface area contributed by atoms with Gasteiger partial charge in [-0.1, -0.05) is 23.2 Å². The third kappa shape index (κ3) is 3.62. The van der Waals surface area contributed by atoms with E-state index in [0.717, 1.165) is 24.2 Å². The van der Waals surface area contributed by atoms with E-state index in [1.165, 1.54) is 0 Å². The highest BCUT2D eigenvalue weighted by Crippen LogP contribution is 2.41. The van der Waals surface area contributed by atoms with Gasteiger partial charge in [-0.2, -0.15) is 13.2 Å². The number of carboxylic acids is 1. The second kappa shape index (κ2) is 6.56. The molecule has 0 radical (unpaired) electrons. The first-order valence-corrected chi connectivity index (χ1v) is 7.08. The fraction of sp³-hybridized carbons (Fsp3) is 0.308. The zero-order valence-corrected chi connectivity index (χ0v) is 13.5. The lowest BCUT2D eigenvalue weighted by Crippen LogP contribution is -2.38. The highest BCUT2D eigenvalue weighted by atomic mass is 35.5. The molecule has 1 heterocycles. The summed E-state index contributed by atoms with van der Waals surface area (Å²) in [7, 11) is 1.07. The molecule has 11 heteroatoms. The molecule has 0 saturated carbocycles. The molecule has 0 atom stereocenters. The number of hydrazine groups is 1. The summed E-state index contributed by atoms with van der Waals surface area (Å²) in [5, 5.41) is 9.47. The van der Waals surface area contributed by atoms with Crippen LogP contribution in [0.4, 0.5) is 23.2 Å². The molecule has 1 aliphatic heterocycles. The number of hydrogen-bond acceptors (Lipinski definition) is 4. The minimum Gasteiger partial charge on any atom is -0.480 e. The topological polar surface area (TPSA) is 53.0 Å². The molecule has 0 aliphatic carbocycles. The highest BCUT2D eigenvalue weighted by molar-refractivity contribution is 6.32. The van der Waals surface area contributed by atoms with Gasteiger partial charge in [0.25, 0.3) is 0 Å². The van der Waals surface area contributed by atoms with E-state index < -0.39 is 41.8 Å². The van der Waals surface area contributed by atoms with Crippen LogP contribution in [-0.2, 0) is 4.79 Å². The van der Waals surface area contributed by atoms with Crippen molar-refractivity contribution in [3.63, 3.8) is 0 Å². The van der Waals surface area contributed by atoms with Gasteiger partial charge in [0, 0.05) is 13.1 Å². The van der Waals surface area contributed by atoms with E-state index in [-0.39, 0.29) is 16.5 Å².